The number of nitrogens with one attached hydrogen (secondary N) is 1. The Labute approximate surface area is 239 Å². The number of hydrogen-bond acceptors (Lipinski definition) is 6. The second-order valence-corrected chi connectivity index (χ2v) is 10.8. The summed E-state index contributed by atoms with van der Waals surface area (Å²) >= 11 is 6.27. The number of carbonyl (C=O) groups is 3. The fourth-order valence-electron chi connectivity index (χ4n) is 4.53. The molecule has 0 saturated carbocycles. The summed E-state index contributed by atoms with van der Waals surface area (Å²) in [6, 6.07) is 22.6. The molecule has 3 aromatic carbocycles. The zero-order chi connectivity index (χ0) is 28.9. The van der Waals surface area contributed by atoms with Crippen LogP contribution in [-0.2, 0) is 15.9 Å². The third kappa shape index (κ3) is 6.72. The maximum atomic E-state index is 13.3. The molecule has 0 aliphatic rings. The van der Waals surface area contributed by atoms with Crippen LogP contribution in [0.3, 0.4) is 0 Å². The lowest BCUT2D eigenvalue weighted by molar-refractivity contribution is 0.0455. The minimum atomic E-state index is -0.800. The number of ketones is 1. The molecule has 1 aromatic heterocycles. The molecule has 0 fully saturated rings. The number of Topliss-reactive ketones (excluding diaryl/α,β-unsaturated/α-hetero) is 1. The van der Waals surface area contributed by atoms with Crippen LogP contribution in [0.5, 0.6) is 0 Å². The largest absolute Gasteiger partial charge is 0.461 e. The number of halogens is 1. The lowest BCUT2D eigenvalue weighted by Crippen LogP contribution is -2.29. The Kier molecular flexibility index (Phi) is 8.95. The van der Waals surface area contributed by atoms with Gasteiger partial charge in [-0.1, -0.05) is 66.2 Å². The highest BCUT2D eigenvalue weighted by molar-refractivity contribution is 6.31. The van der Waals surface area contributed by atoms with Gasteiger partial charge in [0.15, 0.2) is 11.5 Å². The molecule has 40 heavy (non-hydrogen) atoms. The Bertz CT molecular complexity index is 1540. The van der Waals surface area contributed by atoms with Gasteiger partial charge in [0.05, 0.1) is 17.8 Å². The minimum Gasteiger partial charge on any atom is -0.461 e. The minimum absolute atomic E-state index is 0.00899. The van der Waals surface area contributed by atoms with Gasteiger partial charge < -0.3 is 14.8 Å². The van der Waals surface area contributed by atoms with Gasteiger partial charge in [0.2, 0.25) is 0 Å². The first kappa shape index (κ1) is 28.9. The van der Waals surface area contributed by atoms with Gasteiger partial charge in [-0.15, -0.1) is 0 Å². The van der Waals surface area contributed by atoms with Crippen LogP contribution in [0, 0.1) is 0 Å². The number of hydrogen-bond donors (Lipinski definition) is 1. The first-order chi connectivity index (χ1) is 19.1. The molecule has 208 valence electrons. The van der Waals surface area contributed by atoms with Crippen molar-refractivity contribution in [2.24, 2.45) is 0 Å². The molecule has 1 N–H and O–H groups in total. The Morgan fingerprint density at radius 3 is 2.35 bits per heavy atom. The highest BCUT2D eigenvalue weighted by Gasteiger charge is 2.30. The van der Waals surface area contributed by atoms with E-state index in [9.17, 15) is 14.4 Å². The molecule has 0 unspecified atom stereocenters. The van der Waals surface area contributed by atoms with Gasteiger partial charge in [-0.3, -0.25) is 4.79 Å². The van der Waals surface area contributed by atoms with Crippen LogP contribution in [0.2, 0.25) is 5.02 Å². The third-order valence-corrected chi connectivity index (χ3v) is 6.42. The second-order valence-electron chi connectivity index (χ2n) is 10.3. The lowest BCUT2D eigenvalue weighted by atomic mass is 9.96. The summed E-state index contributed by atoms with van der Waals surface area (Å²) in [6.07, 6.45) is 0.0791. The smallest absolute Gasteiger partial charge is 0.419 e. The van der Waals surface area contributed by atoms with Crippen LogP contribution in [-0.4, -0.2) is 41.2 Å². The maximum Gasteiger partial charge on any atom is 0.419 e. The summed E-state index contributed by atoms with van der Waals surface area (Å²) < 4.78 is 12.1. The van der Waals surface area contributed by atoms with Gasteiger partial charge in [0, 0.05) is 28.9 Å². The van der Waals surface area contributed by atoms with Crippen molar-refractivity contribution in [3.05, 3.63) is 100 Å². The molecule has 4 aromatic rings. The number of ether oxygens (including phenoxy) is 2. The highest BCUT2D eigenvalue weighted by Crippen LogP contribution is 2.34. The Balaban J connectivity index is 1.64. The molecular formula is C32H33ClN2O5. The molecule has 4 rings (SSSR count). The van der Waals surface area contributed by atoms with Crippen molar-refractivity contribution in [3.63, 3.8) is 0 Å². The molecular weight excluding hydrogens is 528 g/mol. The first-order valence-corrected chi connectivity index (χ1v) is 13.6. The van der Waals surface area contributed by atoms with Crippen LogP contribution >= 0.6 is 11.6 Å². The summed E-state index contributed by atoms with van der Waals surface area (Å²) in [5.74, 6) is -0.724. The predicted molar refractivity (Wildman–Crippen MR) is 158 cm³/mol. The standard InChI is InChI=1S/C32H33ClN2O5/c1-5-39-30(37)29-28(25-16-15-23(33)20-26(25)35(29)31(38)40-32(2,3)4)34-18-17-27(36)24-14-10-9-13-22(24)19-21-11-7-6-8-12-21/h6-16,20,34H,5,17-19H2,1-4H3. The Morgan fingerprint density at radius 2 is 1.65 bits per heavy atom. The summed E-state index contributed by atoms with van der Waals surface area (Å²) in [4.78, 5) is 39.8. The number of carbonyl (C=O) groups excluding carboxylic acids is 3. The molecule has 0 aliphatic carbocycles. The summed E-state index contributed by atoms with van der Waals surface area (Å²) in [7, 11) is 0. The van der Waals surface area contributed by atoms with Crippen LogP contribution < -0.4 is 5.32 Å². The Hall–Kier alpha value is -4.10. The Morgan fingerprint density at radius 1 is 0.950 bits per heavy atom. The number of nitrogens with zero attached hydrogens (tertiary/aromatic N) is 1. The fourth-order valence-corrected chi connectivity index (χ4v) is 4.69. The van der Waals surface area contributed by atoms with Crippen LogP contribution in [0.15, 0.2) is 72.8 Å². The van der Waals surface area contributed by atoms with E-state index in [1.807, 2.05) is 54.6 Å². The number of esters is 1. The zero-order valence-electron chi connectivity index (χ0n) is 23.1. The van der Waals surface area contributed by atoms with Crippen molar-refractivity contribution in [2.45, 2.75) is 46.1 Å². The lowest BCUT2D eigenvalue weighted by Gasteiger charge is -2.21. The molecule has 0 aliphatic heterocycles. The molecule has 0 amide bonds. The quantitative estimate of drug-likeness (QED) is 0.168. The highest BCUT2D eigenvalue weighted by atomic mass is 35.5. The van der Waals surface area contributed by atoms with E-state index >= 15 is 0 Å². The molecule has 0 atom stereocenters. The average Bonchev–Trinajstić information content (AvgIpc) is 3.22. The van der Waals surface area contributed by atoms with E-state index in [4.69, 9.17) is 21.1 Å². The SMILES string of the molecule is CCOC(=O)c1c(NCCC(=O)c2ccccc2Cc2ccccc2)c2ccc(Cl)cc2n1C(=O)OC(C)(C)C. The van der Waals surface area contributed by atoms with Gasteiger partial charge in [-0.2, -0.15) is 0 Å². The van der Waals surface area contributed by atoms with Crippen molar-refractivity contribution in [3.8, 4) is 0 Å². The van der Waals surface area contributed by atoms with E-state index in [2.05, 4.69) is 5.32 Å². The number of anilines is 1. The fraction of sp³-hybridized carbons (Fsp3) is 0.281. The number of fused-ring (bicyclic) bond motifs is 1. The van der Waals surface area contributed by atoms with Crippen molar-refractivity contribution in [1.82, 2.24) is 4.57 Å². The van der Waals surface area contributed by atoms with Gasteiger partial charge in [-0.05, 0) is 63.4 Å². The summed E-state index contributed by atoms with van der Waals surface area (Å²) in [5.41, 5.74) is 2.68. The normalized spacial score (nSPS) is 11.3. The molecule has 0 bridgehead atoms. The average molecular weight is 561 g/mol. The summed E-state index contributed by atoms with van der Waals surface area (Å²) in [5, 5.41) is 4.20. The van der Waals surface area contributed by atoms with Crippen molar-refractivity contribution in [1.29, 1.82) is 0 Å². The van der Waals surface area contributed by atoms with Crippen LogP contribution in [0.4, 0.5) is 10.5 Å². The van der Waals surface area contributed by atoms with Gasteiger partial charge in [0.1, 0.15) is 5.60 Å². The van der Waals surface area contributed by atoms with Crippen LogP contribution in [0.25, 0.3) is 10.9 Å². The number of rotatable bonds is 9. The van der Waals surface area contributed by atoms with Gasteiger partial charge in [-0.25, -0.2) is 14.2 Å². The molecule has 0 spiro atoms. The topological polar surface area (TPSA) is 86.6 Å². The van der Waals surface area contributed by atoms with Crippen molar-refractivity contribution >= 4 is 46.0 Å². The second kappa shape index (κ2) is 12.4. The van der Waals surface area contributed by atoms with Crippen molar-refractivity contribution in [2.75, 3.05) is 18.5 Å². The van der Waals surface area contributed by atoms with E-state index < -0.39 is 17.7 Å². The number of benzene rings is 3. The van der Waals surface area contributed by atoms with Gasteiger partial charge in [0.25, 0.3) is 0 Å². The number of aromatic nitrogens is 1. The molecule has 8 heteroatoms. The van der Waals surface area contributed by atoms with Crippen molar-refractivity contribution < 1.29 is 23.9 Å². The molecule has 0 saturated heterocycles. The molecule has 7 nitrogen and oxygen atoms in total. The van der Waals surface area contributed by atoms with E-state index in [1.54, 1.807) is 45.9 Å². The van der Waals surface area contributed by atoms with Crippen LogP contribution in [0.1, 0.15) is 66.1 Å². The molecule has 1 heterocycles. The first-order valence-electron chi connectivity index (χ1n) is 13.2. The molecule has 0 radical (unpaired) electrons. The predicted octanol–water partition coefficient (Wildman–Crippen LogP) is 7.53. The monoisotopic (exact) mass is 560 g/mol. The van der Waals surface area contributed by atoms with E-state index in [0.717, 1.165) is 11.1 Å². The van der Waals surface area contributed by atoms with Gasteiger partial charge >= 0.3 is 12.1 Å². The summed E-state index contributed by atoms with van der Waals surface area (Å²) in [6.45, 7) is 7.26. The third-order valence-electron chi connectivity index (χ3n) is 6.18. The maximum absolute atomic E-state index is 13.3. The zero-order valence-corrected chi connectivity index (χ0v) is 23.9. The van der Waals surface area contributed by atoms with E-state index in [0.29, 0.717) is 33.6 Å². The van der Waals surface area contributed by atoms with E-state index in [1.165, 1.54) is 4.57 Å². The van der Waals surface area contributed by atoms with E-state index in [-0.39, 0.29) is 31.0 Å².